The van der Waals surface area contributed by atoms with E-state index in [9.17, 15) is 14.7 Å². The van der Waals surface area contributed by atoms with E-state index in [0.29, 0.717) is 25.7 Å². The minimum absolute atomic E-state index is 0.126. The van der Waals surface area contributed by atoms with Crippen molar-refractivity contribution < 1.29 is 19.4 Å². The number of hydrogen-bond donors (Lipinski definition) is 2. The van der Waals surface area contributed by atoms with Gasteiger partial charge in [-0.3, -0.25) is 4.79 Å². The summed E-state index contributed by atoms with van der Waals surface area (Å²) in [4.78, 5) is 23.5. The summed E-state index contributed by atoms with van der Waals surface area (Å²) in [5.41, 5.74) is -0.331. The van der Waals surface area contributed by atoms with Gasteiger partial charge in [0.25, 0.3) is 0 Å². The Balaban J connectivity index is 1.94. The number of allylic oxidation sites excluding steroid dienone is 2. The molecule has 2 N–H and O–H groups in total. The fourth-order valence-electron chi connectivity index (χ4n) is 3.68. The number of nitrogens with one attached hydrogen (secondary N) is 1. The van der Waals surface area contributed by atoms with Gasteiger partial charge in [0.05, 0.1) is 5.41 Å². The fourth-order valence-corrected chi connectivity index (χ4v) is 3.68. The number of amides is 1. The molecule has 22 heavy (non-hydrogen) atoms. The first-order valence-corrected chi connectivity index (χ1v) is 7.58. The van der Waals surface area contributed by atoms with Crippen LogP contribution < -0.4 is 5.32 Å². The van der Waals surface area contributed by atoms with Gasteiger partial charge in [0.2, 0.25) is 0 Å². The van der Waals surface area contributed by atoms with Gasteiger partial charge in [-0.05, 0) is 44.1 Å². The molecule has 0 heterocycles. The van der Waals surface area contributed by atoms with E-state index in [0.717, 1.165) is 18.4 Å². The van der Waals surface area contributed by atoms with Crippen molar-refractivity contribution in [2.24, 2.45) is 5.41 Å². The predicted octanol–water partition coefficient (Wildman–Crippen LogP) is 3.19. The topological polar surface area (TPSA) is 75.6 Å². The van der Waals surface area contributed by atoms with Crippen LogP contribution >= 0.6 is 0 Å². The lowest BCUT2D eigenvalue weighted by Crippen LogP contribution is -2.50. The van der Waals surface area contributed by atoms with Crippen molar-refractivity contribution in [1.82, 2.24) is 5.32 Å². The van der Waals surface area contributed by atoms with Crippen LogP contribution in [-0.2, 0) is 9.53 Å². The van der Waals surface area contributed by atoms with E-state index in [2.05, 4.69) is 18.5 Å². The Morgan fingerprint density at radius 1 is 1.23 bits per heavy atom. The quantitative estimate of drug-likeness (QED) is 0.739. The molecule has 0 saturated heterocycles. The minimum Gasteiger partial charge on any atom is -0.481 e. The lowest BCUT2D eigenvalue weighted by molar-refractivity contribution is -0.150. The maximum atomic E-state index is 12.0. The summed E-state index contributed by atoms with van der Waals surface area (Å²) >= 11 is 0. The maximum Gasteiger partial charge on any atom is 0.407 e. The van der Waals surface area contributed by atoms with E-state index in [1.165, 1.54) is 0 Å². The van der Waals surface area contributed by atoms with Crippen molar-refractivity contribution in [3.8, 4) is 0 Å². The second kappa shape index (κ2) is 6.38. The number of rotatable bonds is 6. The third kappa shape index (κ3) is 3.24. The van der Waals surface area contributed by atoms with Crippen molar-refractivity contribution >= 4 is 12.1 Å². The Morgan fingerprint density at radius 2 is 2.00 bits per heavy atom. The number of carbonyl (C=O) groups is 2. The molecular weight excluding hydrogens is 282 g/mol. The second-order valence-electron chi connectivity index (χ2n) is 6.28. The Kier molecular flexibility index (Phi) is 4.74. The molecule has 2 unspecified atom stereocenters. The summed E-state index contributed by atoms with van der Waals surface area (Å²) < 4.78 is 5.20. The average Bonchev–Trinajstić information content (AvgIpc) is 2.75. The molecule has 5 heteroatoms. The molecule has 2 aliphatic rings. The van der Waals surface area contributed by atoms with Crippen LogP contribution in [0.2, 0.25) is 0 Å². The summed E-state index contributed by atoms with van der Waals surface area (Å²) in [5, 5.41) is 12.4. The molecule has 2 atom stereocenters. The Hall–Kier alpha value is -2.04. The Labute approximate surface area is 130 Å². The molecule has 5 nitrogen and oxygen atoms in total. The van der Waals surface area contributed by atoms with Gasteiger partial charge in [0, 0.05) is 5.54 Å². The van der Waals surface area contributed by atoms with E-state index >= 15 is 0 Å². The van der Waals surface area contributed by atoms with Gasteiger partial charge in [0.15, 0.2) is 0 Å². The Morgan fingerprint density at radius 3 is 2.64 bits per heavy atom. The maximum absolute atomic E-state index is 12.0. The molecule has 0 aromatic heterocycles. The van der Waals surface area contributed by atoms with Gasteiger partial charge in [-0.2, -0.15) is 0 Å². The van der Waals surface area contributed by atoms with Gasteiger partial charge in [-0.15, -0.1) is 0 Å². The van der Waals surface area contributed by atoms with Crippen LogP contribution in [0.25, 0.3) is 0 Å². The van der Waals surface area contributed by atoms with Gasteiger partial charge >= 0.3 is 12.1 Å². The summed E-state index contributed by atoms with van der Waals surface area (Å²) in [5.74, 6) is -0.743. The number of ether oxygens (including phenoxy) is 1. The first-order chi connectivity index (χ1) is 10.5. The van der Waals surface area contributed by atoms with E-state index in [4.69, 9.17) is 4.74 Å². The summed E-state index contributed by atoms with van der Waals surface area (Å²) in [7, 11) is 0. The number of hydrogen-bond acceptors (Lipinski definition) is 3. The predicted molar refractivity (Wildman–Crippen MR) is 83.5 cm³/mol. The van der Waals surface area contributed by atoms with Crippen molar-refractivity contribution in [3.63, 3.8) is 0 Å². The van der Waals surface area contributed by atoms with Crippen LogP contribution in [0, 0.1) is 5.41 Å². The number of alkyl carbamates (subject to hydrolysis) is 1. The monoisotopic (exact) mass is 305 g/mol. The molecule has 0 spiro atoms. The molecule has 2 fully saturated rings. The van der Waals surface area contributed by atoms with Crippen LogP contribution in [-0.4, -0.2) is 29.3 Å². The smallest absolute Gasteiger partial charge is 0.407 e. The zero-order valence-corrected chi connectivity index (χ0v) is 12.8. The van der Waals surface area contributed by atoms with Crippen molar-refractivity contribution in [2.45, 2.75) is 44.1 Å². The van der Waals surface area contributed by atoms with E-state index in [1.807, 2.05) is 0 Å². The van der Waals surface area contributed by atoms with Gasteiger partial charge < -0.3 is 15.2 Å². The summed E-state index contributed by atoms with van der Waals surface area (Å²) in [6, 6.07) is 0. The van der Waals surface area contributed by atoms with E-state index in [-0.39, 0.29) is 6.61 Å². The van der Waals surface area contributed by atoms with Gasteiger partial charge in [0.1, 0.15) is 6.61 Å². The molecule has 2 rings (SSSR count). The average molecular weight is 305 g/mol. The number of carboxylic acid groups (broad SMARTS) is 1. The molecular formula is C17H23NO4. The van der Waals surface area contributed by atoms with Crippen LogP contribution in [0.1, 0.15) is 38.5 Å². The summed E-state index contributed by atoms with van der Waals surface area (Å²) in [6.45, 7) is 7.36. The summed E-state index contributed by atoms with van der Waals surface area (Å²) in [6.07, 6.45) is 8.60. The molecule has 2 aliphatic carbocycles. The van der Waals surface area contributed by atoms with E-state index in [1.54, 1.807) is 18.2 Å². The minimum atomic E-state index is -0.743. The number of carboxylic acids is 1. The highest BCUT2D eigenvalue weighted by atomic mass is 16.5. The fraction of sp³-hybridized carbons (Fsp3) is 0.529. The molecule has 2 bridgehead atoms. The van der Waals surface area contributed by atoms with Gasteiger partial charge in [-0.1, -0.05) is 31.4 Å². The highest BCUT2D eigenvalue weighted by molar-refractivity contribution is 5.76. The lowest BCUT2D eigenvalue weighted by Gasteiger charge is -2.37. The largest absolute Gasteiger partial charge is 0.481 e. The SMILES string of the molecule is C=CC=C(C=C)COC(=O)NC12CCCC(C(=O)O)(CC1)C2. The molecule has 0 aromatic rings. The molecule has 2 saturated carbocycles. The van der Waals surface area contributed by atoms with Crippen LogP contribution in [0.4, 0.5) is 4.79 Å². The van der Waals surface area contributed by atoms with E-state index < -0.39 is 23.0 Å². The standard InChI is InChI=1S/C17H23NO4/c1-3-6-13(4-2)11-22-15(21)18-17-8-5-7-16(12-17,9-10-17)14(19)20/h3-4,6H,1-2,5,7-12H2,(H,18,21)(H,19,20). The first-order valence-electron chi connectivity index (χ1n) is 7.58. The molecule has 1 amide bonds. The Bertz CT molecular complexity index is 525. The second-order valence-corrected chi connectivity index (χ2v) is 6.28. The first kappa shape index (κ1) is 16.3. The van der Waals surface area contributed by atoms with Crippen molar-refractivity contribution in [1.29, 1.82) is 0 Å². The third-order valence-corrected chi connectivity index (χ3v) is 4.85. The van der Waals surface area contributed by atoms with Crippen LogP contribution in [0.15, 0.2) is 37.0 Å². The third-order valence-electron chi connectivity index (χ3n) is 4.85. The van der Waals surface area contributed by atoms with Gasteiger partial charge in [-0.25, -0.2) is 4.79 Å². The van der Waals surface area contributed by atoms with Crippen LogP contribution in [0.3, 0.4) is 0 Å². The number of fused-ring (bicyclic) bond motifs is 2. The zero-order chi connectivity index (χ0) is 16.2. The molecule has 0 aliphatic heterocycles. The highest BCUT2D eigenvalue weighted by Gasteiger charge is 2.55. The molecule has 0 radical (unpaired) electrons. The number of carbonyl (C=O) groups excluding carboxylic acids is 1. The molecule has 120 valence electrons. The van der Waals surface area contributed by atoms with Crippen molar-refractivity contribution in [2.75, 3.05) is 6.61 Å². The molecule has 0 aromatic carbocycles. The highest BCUT2D eigenvalue weighted by Crippen LogP contribution is 2.53. The zero-order valence-electron chi connectivity index (χ0n) is 12.8. The lowest BCUT2D eigenvalue weighted by atomic mass is 9.73. The van der Waals surface area contributed by atoms with Crippen LogP contribution in [0.5, 0.6) is 0 Å². The normalized spacial score (nSPS) is 30.5. The number of aliphatic carboxylic acids is 1. The van der Waals surface area contributed by atoms with Crippen molar-refractivity contribution in [3.05, 3.63) is 37.0 Å².